The van der Waals surface area contributed by atoms with Crippen LogP contribution in [0.3, 0.4) is 0 Å². The van der Waals surface area contributed by atoms with Crippen LogP contribution >= 0.6 is 0 Å². The van der Waals surface area contributed by atoms with Crippen LogP contribution in [0.5, 0.6) is 0 Å². The first kappa shape index (κ1) is 11.3. The number of pyridine rings is 1. The third kappa shape index (κ3) is 2.28. The minimum Gasteiger partial charge on any atom is -0.306 e. The first-order valence-corrected chi connectivity index (χ1v) is 5.73. The molecule has 3 aromatic rings. The van der Waals surface area contributed by atoms with Crippen LogP contribution < -0.4 is 5.56 Å². The van der Waals surface area contributed by atoms with Gasteiger partial charge in [-0.3, -0.25) is 14.5 Å². The molecule has 0 aliphatic rings. The van der Waals surface area contributed by atoms with Crippen LogP contribution in [0.4, 0.5) is 0 Å². The molecule has 0 bridgehead atoms. The Morgan fingerprint density at radius 2 is 2.16 bits per heavy atom. The molecule has 0 amide bonds. The molecule has 0 radical (unpaired) electrons. The number of nitrogens with zero attached hydrogens (tertiary/aromatic N) is 4. The SMILES string of the molecule is Cn1cc(-c2cc(=O)[nH]c(-c3cccnc3)n2)cn1. The number of rotatable bonds is 2. The van der Waals surface area contributed by atoms with Gasteiger partial charge in [0.25, 0.3) is 5.56 Å². The highest BCUT2D eigenvalue weighted by molar-refractivity contribution is 5.61. The van der Waals surface area contributed by atoms with Crippen molar-refractivity contribution in [2.45, 2.75) is 0 Å². The van der Waals surface area contributed by atoms with E-state index in [1.807, 2.05) is 19.3 Å². The van der Waals surface area contributed by atoms with Crippen LogP contribution in [0, 0.1) is 0 Å². The van der Waals surface area contributed by atoms with Gasteiger partial charge < -0.3 is 4.98 Å². The molecule has 0 saturated heterocycles. The van der Waals surface area contributed by atoms with Gasteiger partial charge in [0, 0.05) is 42.8 Å². The molecule has 1 N–H and O–H groups in total. The maximum Gasteiger partial charge on any atom is 0.251 e. The molecule has 0 fully saturated rings. The summed E-state index contributed by atoms with van der Waals surface area (Å²) in [4.78, 5) is 22.9. The Hall–Kier alpha value is -2.76. The molecule has 0 aliphatic carbocycles. The third-order valence-corrected chi connectivity index (χ3v) is 2.68. The lowest BCUT2D eigenvalue weighted by Crippen LogP contribution is -2.08. The van der Waals surface area contributed by atoms with Crippen molar-refractivity contribution in [2.75, 3.05) is 0 Å². The van der Waals surface area contributed by atoms with Crippen LogP contribution in [-0.2, 0) is 7.05 Å². The third-order valence-electron chi connectivity index (χ3n) is 2.68. The average molecular weight is 253 g/mol. The van der Waals surface area contributed by atoms with Crippen molar-refractivity contribution >= 4 is 0 Å². The van der Waals surface area contributed by atoms with E-state index < -0.39 is 0 Å². The Morgan fingerprint density at radius 3 is 2.84 bits per heavy atom. The van der Waals surface area contributed by atoms with Crippen LogP contribution in [0.15, 0.2) is 47.8 Å². The Balaban J connectivity index is 2.14. The van der Waals surface area contributed by atoms with Crippen molar-refractivity contribution in [2.24, 2.45) is 7.05 Å². The maximum atomic E-state index is 11.7. The van der Waals surface area contributed by atoms with Gasteiger partial charge >= 0.3 is 0 Å². The first-order valence-electron chi connectivity index (χ1n) is 5.73. The smallest absolute Gasteiger partial charge is 0.251 e. The van der Waals surface area contributed by atoms with Crippen LogP contribution in [0.1, 0.15) is 0 Å². The molecule has 6 nitrogen and oxygen atoms in total. The fourth-order valence-electron chi connectivity index (χ4n) is 1.80. The molecule has 3 rings (SSSR count). The zero-order valence-electron chi connectivity index (χ0n) is 10.2. The molecule has 0 saturated carbocycles. The summed E-state index contributed by atoms with van der Waals surface area (Å²) in [5, 5.41) is 4.08. The van der Waals surface area contributed by atoms with Gasteiger partial charge in [0.2, 0.25) is 0 Å². The second kappa shape index (κ2) is 4.49. The fourth-order valence-corrected chi connectivity index (χ4v) is 1.80. The quantitative estimate of drug-likeness (QED) is 0.745. The van der Waals surface area contributed by atoms with Gasteiger partial charge in [-0.15, -0.1) is 0 Å². The van der Waals surface area contributed by atoms with Crippen molar-refractivity contribution in [1.29, 1.82) is 0 Å². The summed E-state index contributed by atoms with van der Waals surface area (Å²) in [6.45, 7) is 0. The molecule has 0 spiro atoms. The molecule has 19 heavy (non-hydrogen) atoms. The summed E-state index contributed by atoms with van der Waals surface area (Å²) < 4.78 is 1.67. The average Bonchev–Trinajstić information content (AvgIpc) is 2.86. The van der Waals surface area contributed by atoms with E-state index in [9.17, 15) is 4.79 Å². The number of aromatic amines is 1. The van der Waals surface area contributed by atoms with E-state index in [2.05, 4.69) is 20.1 Å². The molecule has 3 heterocycles. The molecular weight excluding hydrogens is 242 g/mol. The van der Waals surface area contributed by atoms with Gasteiger partial charge in [-0.2, -0.15) is 5.10 Å². The number of aryl methyl sites for hydroxylation is 1. The van der Waals surface area contributed by atoms with E-state index in [0.717, 1.165) is 11.1 Å². The van der Waals surface area contributed by atoms with Crippen LogP contribution in [0.25, 0.3) is 22.6 Å². The van der Waals surface area contributed by atoms with Gasteiger partial charge in [0.05, 0.1) is 11.9 Å². The number of nitrogens with one attached hydrogen (secondary N) is 1. The monoisotopic (exact) mass is 253 g/mol. The van der Waals surface area contributed by atoms with Crippen molar-refractivity contribution < 1.29 is 0 Å². The van der Waals surface area contributed by atoms with Crippen molar-refractivity contribution in [3.63, 3.8) is 0 Å². The van der Waals surface area contributed by atoms with Gasteiger partial charge in [0.1, 0.15) is 5.82 Å². The lowest BCUT2D eigenvalue weighted by Gasteiger charge is -2.02. The lowest BCUT2D eigenvalue weighted by atomic mass is 10.2. The number of aromatic nitrogens is 5. The van der Waals surface area contributed by atoms with Crippen molar-refractivity contribution in [3.05, 3.63) is 53.3 Å². The van der Waals surface area contributed by atoms with E-state index in [1.54, 1.807) is 29.3 Å². The number of hydrogen-bond donors (Lipinski definition) is 1. The summed E-state index contributed by atoms with van der Waals surface area (Å²) >= 11 is 0. The predicted molar refractivity (Wildman–Crippen MR) is 70.3 cm³/mol. The Bertz CT molecular complexity index is 760. The first-order chi connectivity index (χ1) is 9.22. The van der Waals surface area contributed by atoms with Crippen LogP contribution in [-0.4, -0.2) is 24.7 Å². The Labute approximate surface area is 108 Å². The number of hydrogen-bond acceptors (Lipinski definition) is 4. The summed E-state index contributed by atoms with van der Waals surface area (Å²) in [5.74, 6) is 0.499. The summed E-state index contributed by atoms with van der Waals surface area (Å²) in [7, 11) is 1.82. The van der Waals surface area contributed by atoms with E-state index in [1.165, 1.54) is 6.07 Å². The summed E-state index contributed by atoms with van der Waals surface area (Å²) in [5.41, 5.74) is 1.97. The maximum absolute atomic E-state index is 11.7. The molecule has 0 aliphatic heterocycles. The normalized spacial score (nSPS) is 10.6. The van der Waals surface area contributed by atoms with E-state index in [-0.39, 0.29) is 5.56 Å². The van der Waals surface area contributed by atoms with Gasteiger partial charge in [-0.25, -0.2) is 4.98 Å². The second-order valence-corrected chi connectivity index (χ2v) is 4.12. The van der Waals surface area contributed by atoms with Gasteiger partial charge in [-0.05, 0) is 12.1 Å². The van der Waals surface area contributed by atoms with E-state index in [4.69, 9.17) is 0 Å². The van der Waals surface area contributed by atoms with E-state index in [0.29, 0.717) is 11.5 Å². The van der Waals surface area contributed by atoms with Crippen molar-refractivity contribution in [3.8, 4) is 22.6 Å². The van der Waals surface area contributed by atoms with Crippen molar-refractivity contribution in [1.82, 2.24) is 24.7 Å². The molecule has 0 unspecified atom stereocenters. The zero-order chi connectivity index (χ0) is 13.2. The summed E-state index contributed by atoms with van der Waals surface area (Å²) in [6, 6.07) is 5.10. The van der Waals surface area contributed by atoms with Gasteiger partial charge in [-0.1, -0.05) is 0 Å². The largest absolute Gasteiger partial charge is 0.306 e. The molecular formula is C13H11N5O. The molecule has 0 atom stereocenters. The summed E-state index contributed by atoms with van der Waals surface area (Å²) in [6.07, 6.45) is 6.82. The molecule has 94 valence electrons. The lowest BCUT2D eigenvalue weighted by molar-refractivity contribution is 0.768. The van der Waals surface area contributed by atoms with Gasteiger partial charge in [0.15, 0.2) is 0 Å². The van der Waals surface area contributed by atoms with E-state index >= 15 is 0 Å². The highest BCUT2D eigenvalue weighted by atomic mass is 16.1. The fraction of sp³-hybridized carbons (Fsp3) is 0.0769. The Kier molecular flexibility index (Phi) is 2.68. The highest BCUT2D eigenvalue weighted by Gasteiger charge is 2.07. The molecule has 0 aromatic carbocycles. The predicted octanol–water partition coefficient (Wildman–Crippen LogP) is 1.23. The number of H-pyrrole nitrogens is 1. The second-order valence-electron chi connectivity index (χ2n) is 4.12. The standard InChI is InChI=1S/C13H11N5O/c1-18-8-10(7-15-18)11-5-12(19)17-13(16-11)9-3-2-4-14-6-9/h2-8H,1H3,(H,16,17,19). The highest BCUT2D eigenvalue weighted by Crippen LogP contribution is 2.17. The molecule has 3 aromatic heterocycles. The zero-order valence-corrected chi connectivity index (χ0v) is 10.2. The van der Waals surface area contributed by atoms with Crippen LogP contribution in [0.2, 0.25) is 0 Å². The Morgan fingerprint density at radius 1 is 1.26 bits per heavy atom. The molecule has 6 heteroatoms. The minimum absolute atomic E-state index is 0.201. The minimum atomic E-state index is -0.201. The topological polar surface area (TPSA) is 76.5 Å².